The van der Waals surface area contributed by atoms with Crippen molar-refractivity contribution >= 4 is 5.97 Å². The lowest BCUT2D eigenvalue weighted by molar-refractivity contribution is -0.144. The molecule has 1 aromatic rings. The van der Waals surface area contributed by atoms with Gasteiger partial charge in [0.25, 0.3) is 0 Å². The van der Waals surface area contributed by atoms with Crippen LogP contribution in [0.3, 0.4) is 0 Å². The van der Waals surface area contributed by atoms with Gasteiger partial charge in [-0.1, -0.05) is 43.2 Å². The molecule has 3 aliphatic carbocycles. The first-order chi connectivity index (χ1) is 16.6. The van der Waals surface area contributed by atoms with E-state index >= 15 is 0 Å². The Balaban J connectivity index is 1.32. The third-order valence-electron chi connectivity index (χ3n) is 8.98. The number of rotatable bonds is 7. The molecule has 3 heteroatoms. The zero-order chi connectivity index (χ0) is 23.9. The van der Waals surface area contributed by atoms with Crippen LogP contribution in [0.2, 0.25) is 0 Å². The number of benzene rings is 1. The number of hydrogen-bond acceptors (Lipinski definition) is 2. The van der Waals surface area contributed by atoms with Gasteiger partial charge in [0.15, 0.2) is 11.6 Å². The predicted octanol–water partition coefficient (Wildman–Crippen LogP) is 8.45. The van der Waals surface area contributed by atoms with Gasteiger partial charge in [0.05, 0.1) is 5.92 Å². The van der Waals surface area contributed by atoms with Gasteiger partial charge in [0.1, 0.15) is 0 Å². The van der Waals surface area contributed by atoms with E-state index in [0.717, 1.165) is 55.4 Å². The molecule has 0 spiro atoms. The number of carbonyl (C=O) groups excluding carboxylic acids is 1. The molecule has 0 amide bonds. The fourth-order valence-corrected chi connectivity index (χ4v) is 7.18. The lowest BCUT2D eigenvalue weighted by Gasteiger charge is -2.45. The van der Waals surface area contributed by atoms with E-state index in [1.807, 2.05) is 19.1 Å². The molecule has 0 aromatic heterocycles. The van der Waals surface area contributed by atoms with Gasteiger partial charge in [-0.3, -0.25) is 4.79 Å². The summed E-state index contributed by atoms with van der Waals surface area (Å²) >= 11 is 0. The zero-order valence-electron chi connectivity index (χ0n) is 21.2. The average Bonchev–Trinajstić information content (AvgIpc) is 2.85. The van der Waals surface area contributed by atoms with E-state index in [9.17, 15) is 9.18 Å². The largest absolute Gasteiger partial charge is 0.423 e. The minimum atomic E-state index is -0.420. The average molecular weight is 467 g/mol. The molecular weight excluding hydrogens is 423 g/mol. The first-order valence-corrected chi connectivity index (χ1v) is 13.8. The summed E-state index contributed by atoms with van der Waals surface area (Å²) in [6.45, 7) is 4.12. The molecule has 0 bridgehead atoms. The normalized spacial score (nSPS) is 32.1. The van der Waals surface area contributed by atoms with Crippen molar-refractivity contribution in [3.63, 3.8) is 0 Å². The fraction of sp³-hybridized carbons (Fsp3) is 0.645. The van der Waals surface area contributed by atoms with E-state index in [-0.39, 0.29) is 17.6 Å². The van der Waals surface area contributed by atoms with Gasteiger partial charge in [0.2, 0.25) is 0 Å². The van der Waals surface area contributed by atoms with E-state index in [2.05, 4.69) is 25.2 Å². The summed E-state index contributed by atoms with van der Waals surface area (Å²) in [5.41, 5.74) is 0.936. The summed E-state index contributed by atoms with van der Waals surface area (Å²) in [5, 5.41) is 0. The maximum Gasteiger partial charge on any atom is 0.314 e. The summed E-state index contributed by atoms with van der Waals surface area (Å²) in [7, 11) is 0. The highest BCUT2D eigenvalue weighted by Gasteiger charge is 2.43. The number of carbonyl (C=O) groups is 1. The molecule has 3 aliphatic rings. The topological polar surface area (TPSA) is 26.3 Å². The third kappa shape index (κ3) is 6.20. The molecule has 0 saturated heterocycles. The Kier molecular flexibility index (Phi) is 9.03. The van der Waals surface area contributed by atoms with Crippen molar-refractivity contribution in [2.24, 2.45) is 35.5 Å². The Morgan fingerprint density at radius 3 is 2.50 bits per heavy atom. The maximum atomic E-state index is 14.7. The molecule has 2 nitrogen and oxygen atoms in total. The molecule has 186 valence electrons. The Morgan fingerprint density at radius 1 is 0.971 bits per heavy atom. The number of halogens is 1. The van der Waals surface area contributed by atoms with Gasteiger partial charge >= 0.3 is 5.97 Å². The van der Waals surface area contributed by atoms with Crippen LogP contribution >= 0.6 is 0 Å². The molecular formula is C31H43FO2. The molecule has 34 heavy (non-hydrogen) atoms. The molecule has 3 saturated carbocycles. The highest BCUT2D eigenvalue weighted by Crippen LogP contribution is 2.50. The second-order valence-corrected chi connectivity index (χ2v) is 11.0. The van der Waals surface area contributed by atoms with Crippen molar-refractivity contribution in [3.8, 4) is 5.75 Å². The highest BCUT2D eigenvalue weighted by molar-refractivity contribution is 5.75. The van der Waals surface area contributed by atoms with Crippen LogP contribution in [-0.2, 0) is 11.2 Å². The lowest BCUT2D eigenvalue weighted by Crippen LogP contribution is -2.40. The van der Waals surface area contributed by atoms with Crippen molar-refractivity contribution in [1.82, 2.24) is 0 Å². The molecule has 0 aliphatic heterocycles. The Bertz CT molecular complexity index is 864. The molecule has 3 fully saturated rings. The van der Waals surface area contributed by atoms with Crippen LogP contribution in [0.15, 0.2) is 42.5 Å². The summed E-state index contributed by atoms with van der Waals surface area (Å²) in [4.78, 5) is 13.1. The van der Waals surface area contributed by atoms with Crippen molar-refractivity contribution < 1.29 is 13.9 Å². The molecule has 0 radical (unpaired) electrons. The second-order valence-electron chi connectivity index (χ2n) is 11.0. The number of allylic oxidation sites excluding steroid dienone is 4. The van der Waals surface area contributed by atoms with E-state index in [4.69, 9.17) is 4.74 Å². The monoisotopic (exact) mass is 466 g/mol. The van der Waals surface area contributed by atoms with Gasteiger partial charge in [-0.15, -0.1) is 0 Å². The smallest absolute Gasteiger partial charge is 0.314 e. The summed E-state index contributed by atoms with van der Waals surface area (Å²) in [5.74, 6) is 2.93. The Hall–Kier alpha value is -1.90. The van der Waals surface area contributed by atoms with Crippen molar-refractivity contribution in [2.75, 3.05) is 0 Å². The van der Waals surface area contributed by atoms with Gasteiger partial charge in [0, 0.05) is 0 Å². The van der Waals surface area contributed by atoms with Crippen LogP contribution in [0, 0.1) is 41.3 Å². The molecule has 0 N–H and O–H groups in total. The second kappa shape index (κ2) is 12.2. The third-order valence-corrected chi connectivity index (χ3v) is 8.98. The summed E-state index contributed by atoms with van der Waals surface area (Å²) in [6.07, 6.45) is 22.7. The van der Waals surface area contributed by atoms with Crippen molar-refractivity contribution in [2.45, 2.75) is 90.9 Å². The SMILES string of the molecule is C/C=C/CCc1ccc(OC(=O)C2CCCC3CC(C4CCC(/C=C/C)CC4)CCC32)c(F)c1. The number of esters is 1. The predicted molar refractivity (Wildman–Crippen MR) is 137 cm³/mol. The first kappa shape index (κ1) is 25.2. The van der Waals surface area contributed by atoms with Crippen LogP contribution in [-0.4, -0.2) is 5.97 Å². The van der Waals surface area contributed by atoms with Crippen LogP contribution in [0.1, 0.15) is 90.0 Å². The number of aryl methyl sites for hydroxylation is 1. The van der Waals surface area contributed by atoms with Crippen LogP contribution in [0.25, 0.3) is 0 Å². The number of ether oxygens (including phenoxy) is 1. The molecule has 4 atom stereocenters. The first-order valence-electron chi connectivity index (χ1n) is 13.8. The highest BCUT2D eigenvalue weighted by atomic mass is 19.1. The van der Waals surface area contributed by atoms with Gasteiger partial charge in [-0.05, 0) is 125 Å². The van der Waals surface area contributed by atoms with Crippen molar-refractivity contribution in [1.29, 1.82) is 0 Å². The minimum absolute atomic E-state index is 0.0705. The lowest BCUT2D eigenvalue weighted by atomic mass is 9.59. The van der Waals surface area contributed by atoms with Crippen LogP contribution < -0.4 is 4.74 Å². The molecule has 0 heterocycles. The number of hydrogen-bond donors (Lipinski definition) is 0. The maximum absolute atomic E-state index is 14.7. The van der Waals surface area contributed by atoms with Gasteiger partial charge < -0.3 is 4.74 Å². The molecule has 4 rings (SSSR count). The van der Waals surface area contributed by atoms with Crippen molar-refractivity contribution in [3.05, 3.63) is 53.9 Å². The Labute approximate surface area is 206 Å². The van der Waals surface area contributed by atoms with E-state index in [1.165, 1.54) is 51.0 Å². The quantitative estimate of drug-likeness (QED) is 0.229. The van der Waals surface area contributed by atoms with Crippen LogP contribution in [0.5, 0.6) is 5.75 Å². The minimum Gasteiger partial charge on any atom is -0.423 e. The van der Waals surface area contributed by atoms with E-state index in [1.54, 1.807) is 6.07 Å². The van der Waals surface area contributed by atoms with Gasteiger partial charge in [-0.25, -0.2) is 4.39 Å². The molecule has 1 aromatic carbocycles. The zero-order valence-corrected chi connectivity index (χ0v) is 21.2. The Morgan fingerprint density at radius 2 is 1.76 bits per heavy atom. The van der Waals surface area contributed by atoms with Gasteiger partial charge in [-0.2, -0.15) is 0 Å². The number of fused-ring (bicyclic) bond motifs is 1. The summed E-state index contributed by atoms with van der Waals surface area (Å²) < 4.78 is 20.3. The summed E-state index contributed by atoms with van der Waals surface area (Å²) in [6, 6.07) is 5.04. The standard InChI is InChI=1S/C31H43FO2/c1-3-5-6-9-23-14-19-30(29(32)20-23)34-31(33)28-11-7-10-26-21-25(17-18-27(26)28)24-15-12-22(8-4-2)13-16-24/h3-5,8,14,19-20,22,24-28H,6-7,9-13,15-18,21H2,1-2H3/b5-3+,8-4+. The molecule has 4 unspecified atom stereocenters. The van der Waals surface area contributed by atoms with Crippen LogP contribution in [0.4, 0.5) is 4.39 Å². The van der Waals surface area contributed by atoms with E-state index < -0.39 is 5.82 Å². The van der Waals surface area contributed by atoms with E-state index in [0.29, 0.717) is 11.8 Å². The fourth-order valence-electron chi connectivity index (χ4n) is 7.18.